The number of hydrogen-bond donors (Lipinski definition) is 1. The molecule has 6 heteroatoms. The van der Waals surface area contributed by atoms with Crippen molar-refractivity contribution >= 4 is 28.9 Å². The molecular formula is C25H30ClN3O2. The Hall–Kier alpha value is -2.71. The Bertz CT molecular complexity index is 960. The van der Waals surface area contributed by atoms with E-state index < -0.39 is 5.97 Å². The molecule has 164 valence electrons. The van der Waals surface area contributed by atoms with E-state index in [0.717, 1.165) is 50.3 Å². The van der Waals surface area contributed by atoms with Crippen molar-refractivity contribution in [2.24, 2.45) is 5.41 Å². The van der Waals surface area contributed by atoms with Gasteiger partial charge in [0, 0.05) is 37.1 Å². The van der Waals surface area contributed by atoms with Crippen LogP contribution in [0.1, 0.15) is 56.0 Å². The molecule has 2 aliphatic heterocycles. The zero-order valence-corrected chi connectivity index (χ0v) is 19.2. The van der Waals surface area contributed by atoms with Crippen molar-refractivity contribution in [3.05, 3.63) is 58.6 Å². The van der Waals surface area contributed by atoms with Crippen molar-refractivity contribution < 1.29 is 9.90 Å². The largest absolute Gasteiger partial charge is 0.478 e. The Balaban J connectivity index is 0.00000132. The van der Waals surface area contributed by atoms with Crippen LogP contribution in [-0.2, 0) is 0 Å². The Morgan fingerprint density at radius 3 is 2.29 bits per heavy atom. The highest BCUT2D eigenvalue weighted by atomic mass is 35.5. The first-order chi connectivity index (χ1) is 14.9. The van der Waals surface area contributed by atoms with Crippen molar-refractivity contribution in [3.63, 3.8) is 0 Å². The topological polar surface area (TPSA) is 67.6 Å². The molecule has 1 spiro atoms. The maximum atomic E-state index is 11.1. The number of anilines is 2. The number of nitrogens with zero attached hydrogens (tertiary/aromatic N) is 3. The summed E-state index contributed by atoms with van der Waals surface area (Å²) in [6.07, 6.45) is 3.37. The van der Waals surface area contributed by atoms with Crippen LogP contribution >= 0.6 is 11.6 Å². The van der Waals surface area contributed by atoms with Gasteiger partial charge in [-0.05, 0) is 74.1 Å². The standard InChI is InChI=1S/C23H24ClN3O2.C2H6/c1-16-13-23(15-27(16)20-7-4-18(14-25)21(24)12-20)8-10-26(11-9-23)19-5-2-17(3-6-19)22(28)29;1-2/h2-7,12,16H,8-11,13,15H2,1H3,(H,28,29);1-2H3. The van der Waals surface area contributed by atoms with Gasteiger partial charge < -0.3 is 14.9 Å². The molecule has 4 rings (SSSR count). The summed E-state index contributed by atoms with van der Waals surface area (Å²) in [5.41, 5.74) is 3.30. The molecule has 0 aromatic heterocycles. The Kier molecular flexibility index (Phi) is 7.12. The fraction of sp³-hybridized carbons (Fsp3) is 0.440. The van der Waals surface area contributed by atoms with E-state index in [1.54, 1.807) is 18.2 Å². The lowest BCUT2D eigenvalue weighted by atomic mass is 9.76. The average molecular weight is 440 g/mol. The summed E-state index contributed by atoms with van der Waals surface area (Å²) in [5, 5.41) is 18.7. The molecule has 0 saturated carbocycles. The number of rotatable bonds is 3. The molecule has 1 N–H and O–H groups in total. The average Bonchev–Trinajstić information content (AvgIpc) is 3.11. The van der Waals surface area contributed by atoms with Crippen LogP contribution in [0.2, 0.25) is 5.02 Å². The van der Waals surface area contributed by atoms with E-state index in [4.69, 9.17) is 22.0 Å². The fourth-order valence-electron chi connectivity index (χ4n) is 4.85. The SMILES string of the molecule is CC.CC1CC2(CCN(c3ccc(C(=O)O)cc3)CC2)CN1c1ccc(C#N)c(Cl)c1. The van der Waals surface area contributed by atoms with Gasteiger partial charge in [0.15, 0.2) is 0 Å². The van der Waals surface area contributed by atoms with E-state index in [1.165, 1.54) is 0 Å². The summed E-state index contributed by atoms with van der Waals surface area (Å²) in [6, 6.07) is 15.4. The number of halogens is 1. The third-order valence-electron chi connectivity index (χ3n) is 6.47. The molecule has 0 radical (unpaired) electrons. The highest BCUT2D eigenvalue weighted by molar-refractivity contribution is 6.32. The van der Waals surface area contributed by atoms with Gasteiger partial charge in [-0.2, -0.15) is 5.26 Å². The molecule has 0 aliphatic carbocycles. The number of carbonyl (C=O) groups is 1. The highest BCUT2D eigenvalue weighted by Gasteiger charge is 2.44. The molecule has 1 atom stereocenters. The van der Waals surface area contributed by atoms with Crippen molar-refractivity contribution in [3.8, 4) is 6.07 Å². The summed E-state index contributed by atoms with van der Waals surface area (Å²) in [4.78, 5) is 15.8. The number of piperidine rings is 1. The molecule has 5 nitrogen and oxygen atoms in total. The van der Waals surface area contributed by atoms with Gasteiger partial charge in [-0.1, -0.05) is 25.4 Å². The quantitative estimate of drug-likeness (QED) is 0.652. The minimum Gasteiger partial charge on any atom is -0.478 e. The molecule has 1 unspecified atom stereocenters. The first-order valence-corrected chi connectivity index (χ1v) is 11.3. The van der Waals surface area contributed by atoms with E-state index in [2.05, 4.69) is 22.8 Å². The summed E-state index contributed by atoms with van der Waals surface area (Å²) >= 11 is 6.26. The molecule has 2 aromatic rings. The predicted molar refractivity (Wildman–Crippen MR) is 126 cm³/mol. The van der Waals surface area contributed by atoms with Crippen molar-refractivity contribution in [1.29, 1.82) is 5.26 Å². The molecule has 2 saturated heterocycles. The van der Waals surface area contributed by atoms with E-state index >= 15 is 0 Å². The molecule has 2 aliphatic rings. The lowest BCUT2D eigenvalue weighted by Crippen LogP contribution is -2.41. The third kappa shape index (κ3) is 4.80. The van der Waals surface area contributed by atoms with Crippen molar-refractivity contribution in [2.75, 3.05) is 29.4 Å². The molecule has 2 aromatic carbocycles. The highest BCUT2D eigenvalue weighted by Crippen LogP contribution is 2.45. The molecular weight excluding hydrogens is 410 g/mol. The summed E-state index contributed by atoms with van der Waals surface area (Å²) < 4.78 is 0. The van der Waals surface area contributed by atoms with Gasteiger partial charge in [-0.25, -0.2) is 4.79 Å². The number of carboxylic acids is 1. The lowest BCUT2D eigenvalue weighted by Gasteiger charge is -2.40. The van der Waals surface area contributed by atoms with E-state index in [0.29, 0.717) is 22.2 Å². The van der Waals surface area contributed by atoms with Gasteiger partial charge in [0.1, 0.15) is 6.07 Å². The van der Waals surface area contributed by atoms with Gasteiger partial charge in [0.2, 0.25) is 0 Å². The maximum absolute atomic E-state index is 11.1. The number of nitriles is 1. The van der Waals surface area contributed by atoms with Crippen LogP contribution < -0.4 is 9.80 Å². The predicted octanol–water partition coefficient (Wildman–Crippen LogP) is 5.82. The van der Waals surface area contributed by atoms with Gasteiger partial charge in [-0.3, -0.25) is 0 Å². The number of hydrogen-bond acceptors (Lipinski definition) is 4. The minimum atomic E-state index is -0.892. The second kappa shape index (κ2) is 9.62. The fourth-order valence-corrected chi connectivity index (χ4v) is 5.07. The van der Waals surface area contributed by atoms with Gasteiger partial charge >= 0.3 is 5.97 Å². The van der Waals surface area contributed by atoms with Gasteiger partial charge in [0.25, 0.3) is 0 Å². The summed E-state index contributed by atoms with van der Waals surface area (Å²) in [6.45, 7) is 9.21. The zero-order valence-electron chi connectivity index (χ0n) is 18.4. The lowest BCUT2D eigenvalue weighted by molar-refractivity contribution is 0.0697. The molecule has 2 fully saturated rings. The monoisotopic (exact) mass is 439 g/mol. The molecule has 31 heavy (non-hydrogen) atoms. The third-order valence-corrected chi connectivity index (χ3v) is 6.79. The Morgan fingerprint density at radius 1 is 1.13 bits per heavy atom. The van der Waals surface area contributed by atoms with E-state index in [1.807, 2.05) is 38.1 Å². The molecule has 2 heterocycles. The van der Waals surface area contributed by atoms with Crippen LogP contribution in [0.3, 0.4) is 0 Å². The first kappa shape index (κ1) is 23.0. The van der Waals surface area contributed by atoms with E-state index in [9.17, 15) is 4.79 Å². The van der Waals surface area contributed by atoms with Crippen LogP contribution in [0.5, 0.6) is 0 Å². The molecule has 0 amide bonds. The zero-order chi connectivity index (χ0) is 22.6. The molecule has 0 bridgehead atoms. The van der Waals surface area contributed by atoms with Crippen molar-refractivity contribution in [1.82, 2.24) is 0 Å². The number of carboxylic acid groups (broad SMARTS) is 1. The summed E-state index contributed by atoms with van der Waals surface area (Å²) in [5.74, 6) is -0.892. The van der Waals surface area contributed by atoms with E-state index in [-0.39, 0.29) is 5.41 Å². The van der Waals surface area contributed by atoms with Crippen LogP contribution in [0.4, 0.5) is 11.4 Å². The van der Waals surface area contributed by atoms with Crippen LogP contribution in [0, 0.1) is 16.7 Å². The van der Waals surface area contributed by atoms with Crippen LogP contribution in [-0.4, -0.2) is 36.8 Å². The maximum Gasteiger partial charge on any atom is 0.335 e. The van der Waals surface area contributed by atoms with Crippen LogP contribution in [0.25, 0.3) is 0 Å². The second-order valence-corrected chi connectivity index (χ2v) is 8.70. The minimum absolute atomic E-state index is 0.289. The number of benzene rings is 2. The van der Waals surface area contributed by atoms with Crippen LogP contribution in [0.15, 0.2) is 42.5 Å². The van der Waals surface area contributed by atoms with Gasteiger partial charge in [-0.15, -0.1) is 0 Å². The Morgan fingerprint density at radius 2 is 1.74 bits per heavy atom. The second-order valence-electron chi connectivity index (χ2n) is 8.30. The Labute approximate surface area is 189 Å². The first-order valence-electron chi connectivity index (χ1n) is 11.0. The number of aromatic carboxylic acids is 1. The van der Waals surface area contributed by atoms with Crippen molar-refractivity contribution in [2.45, 2.75) is 46.1 Å². The smallest absolute Gasteiger partial charge is 0.335 e. The van der Waals surface area contributed by atoms with Gasteiger partial charge in [0.05, 0.1) is 16.1 Å². The normalized spacial score (nSPS) is 19.5. The summed E-state index contributed by atoms with van der Waals surface area (Å²) in [7, 11) is 0.